The number of methoxy groups -OCH3 is 1. The monoisotopic (exact) mass is 314 g/mol. The van der Waals surface area contributed by atoms with Gasteiger partial charge in [0.1, 0.15) is 22.3 Å². The Hall–Kier alpha value is -2.35. The number of halogens is 2. The Balaban J connectivity index is 2.35. The molecule has 2 aromatic carbocycles. The summed E-state index contributed by atoms with van der Waals surface area (Å²) in [5.74, 6) is -1.70. The summed E-state index contributed by atoms with van der Waals surface area (Å²) in [5.41, 5.74) is 5.02. The van der Waals surface area contributed by atoms with Crippen LogP contribution in [0.25, 0.3) is 0 Å². The zero-order valence-corrected chi connectivity index (χ0v) is 11.7. The fraction of sp³-hybridized carbons (Fsp3) is 0.0769. The van der Waals surface area contributed by atoms with Crippen molar-refractivity contribution in [1.82, 2.24) is 0 Å². The predicted octanol–water partition coefficient (Wildman–Crippen LogP) is 2.36. The van der Waals surface area contributed by atoms with Gasteiger partial charge in [0.05, 0.1) is 12.8 Å². The van der Waals surface area contributed by atoms with Gasteiger partial charge < -0.3 is 10.5 Å². The normalized spacial score (nSPS) is 11.2. The zero-order valence-electron chi connectivity index (χ0n) is 10.9. The van der Waals surface area contributed by atoms with Crippen molar-refractivity contribution >= 4 is 21.4 Å². The molecular weight excluding hydrogens is 302 g/mol. The first kappa shape index (κ1) is 15.0. The number of sulfonamides is 1. The fourth-order valence-electron chi connectivity index (χ4n) is 1.62. The lowest BCUT2D eigenvalue weighted by Crippen LogP contribution is -2.15. The maximum Gasteiger partial charge on any atom is 0.264 e. The Bertz CT molecular complexity index is 762. The summed E-state index contributed by atoms with van der Waals surface area (Å²) in [6.07, 6.45) is 0. The summed E-state index contributed by atoms with van der Waals surface area (Å²) >= 11 is 0. The molecule has 0 atom stereocenters. The minimum absolute atomic E-state index is 0.207. The van der Waals surface area contributed by atoms with Gasteiger partial charge in [-0.25, -0.2) is 17.2 Å². The summed E-state index contributed by atoms with van der Waals surface area (Å²) in [6, 6.07) is 7.12. The quantitative estimate of drug-likeness (QED) is 0.849. The van der Waals surface area contributed by atoms with Gasteiger partial charge in [0.15, 0.2) is 0 Å². The first-order valence-electron chi connectivity index (χ1n) is 5.75. The van der Waals surface area contributed by atoms with Crippen LogP contribution < -0.4 is 15.2 Å². The van der Waals surface area contributed by atoms with Crippen LogP contribution in [-0.2, 0) is 10.0 Å². The molecule has 0 aliphatic rings. The van der Waals surface area contributed by atoms with Gasteiger partial charge in [-0.15, -0.1) is 0 Å². The van der Waals surface area contributed by atoms with Crippen molar-refractivity contribution in [2.24, 2.45) is 0 Å². The SMILES string of the molecule is COc1ccc(NS(=O)(=O)c2cc(N)c(F)cc2F)cc1. The Morgan fingerprint density at radius 2 is 1.71 bits per heavy atom. The van der Waals surface area contributed by atoms with E-state index in [-0.39, 0.29) is 5.69 Å². The Morgan fingerprint density at radius 3 is 2.29 bits per heavy atom. The van der Waals surface area contributed by atoms with Gasteiger partial charge >= 0.3 is 0 Å². The van der Waals surface area contributed by atoms with Crippen LogP contribution in [0.3, 0.4) is 0 Å². The molecule has 0 aliphatic carbocycles. The molecule has 0 amide bonds. The van der Waals surface area contributed by atoms with E-state index in [1.807, 2.05) is 0 Å². The predicted molar refractivity (Wildman–Crippen MR) is 74.6 cm³/mol. The van der Waals surface area contributed by atoms with E-state index >= 15 is 0 Å². The van der Waals surface area contributed by atoms with Crippen molar-refractivity contribution in [3.05, 3.63) is 48.0 Å². The highest BCUT2D eigenvalue weighted by Gasteiger charge is 2.21. The largest absolute Gasteiger partial charge is 0.497 e. The van der Waals surface area contributed by atoms with E-state index in [1.165, 1.54) is 31.4 Å². The highest BCUT2D eigenvalue weighted by atomic mass is 32.2. The third-order valence-electron chi connectivity index (χ3n) is 2.68. The van der Waals surface area contributed by atoms with Gasteiger partial charge in [0.2, 0.25) is 0 Å². The van der Waals surface area contributed by atoms with Crippen molar-refractivity contribution < 1.29 is 21.9 Å². The molecule has 21 heavy (non-hydrogen) atoms. The van der Waals surface area contributed by atoms with Crippen LogP contribution in [0.5, 0.6) is 5.75 Å². The molecule has 0 bridgehead atoms. The molecule has 0 unspecified atom stereocenters. The molecule has 112 valence electrons. The minimum atomic E-state index is -4.22. The van der Waals surface area contributed by atoms with Gasteiger partial charge in [0.25, 0.3) is 10.0 Å². The topological polar surface area (TPSA) is 81.4 Å². The van der Waals surface area contributed by atoms with Crippen LogP contribution in [-0.4, -0.2) is 15.5 Å². The molecule has 0 heterocycles. The van der Waals surface area contributed by atoms with Crippen molar-refractivity contribution in [1.29, 1.82) is 0 Å². The first-order chi connectivity index (χ1) is 9.83. The molecule has 0 saturated heterocycles. The number of anilines is 2. The maximum absolute atomic E-state index is 13.6. The van der Waals surface area contributed by atoms with Crippen molar-refractivity contribution in [3.8, 4) is 5.75 Å². The third-order valence-corrected chi connectivity index (χ3v) is 4.08. The van der Waals surface area contributed by atoms with E-state index in [4.69, 9.17) is 10.5 Å². The summed E-state index contributed by atoms with van der Waals surface area (Å²) in [4.78, 5) is -0.725. The van der Waals surface area contributed by atoms with E-state index in [2.05, 4.69) is 4.72 Å². The second kappa shape index (κ2) is 5.57. The third kappa shape index (κ3) is 3.22. The molecule has 0 saturated carbocycles. The van der Waals surface area contributed by atoms with Gasteiger partial charge in [-0.05, 0) is 30.3 Å². The second-order valence-electron chi connectivity index (χ2n) is 4.14. The number of ether oxygens (including phenoxy) is 1. The van der Waals surface area contributed by atoms with Gasteiger partial charge in [-0.1, -0.05) is 0 Å². The Kier molecular flexibility index (Phi) is 3.99. The molecule has 2 rings (SSSR count). The Morgan fingerprint density at radius 1 is 1.10 bits per heavy atom. The zero-order chi connectivity index (χ0) is 15.6. The van der Waals surface area contributed by atoms with Crippen LogP contribution >= 0.6 is 0 Å². The van der Waals surface area contributed by atoms with E-state index in [0.29, 0.717) is 11.8 Å². The van der Waals surface area contributed by atoms with Crippen LogP contribution in [0.1, 0.15) is 0 Å². The number of nitrogen functional groups attached to an aromatic ring is 1. The minimum Gasteiger partial charge on any atom is -0.497 e. The molecule has 2 aromatic rings. The standard InChI is InChI=1S/C13H12F2N2O3S/c1-20-9-4-2-8(3-5-9)17-21(18,19)13-7-12(16)10(14)6-11(13)15/h2-7,17H,16H2,1H3. The van der Waals surface area contributed by atoms with Crippen LogP contribution in [0.4, 0.5) is 20.2 Å². The number of hydrogen-bond acceptors (Lipinski definition) is 4. The highest BCUT2D eigenvalue weighted by Crippen LogP contribution is 2.24. The van der Waals surface area contributed by atoms with Gasteiger partial charge in [-0.2, -0.15) is 0 Å². The number of hydrogen-bond donors (Lipinski definition) is 2. The van der Waals surface area contributed by atoms with Crippen molar-refractivity contribution in [3.63, 3.8) is 0 Å². The molecule has 0 radical (unpaired) electrons. The van der Waals surface area contributed by atoms with Gasteiger partial charge in [0, 0.05) is 11.8 Å². The van der Waals surface area contributed by atoms with E-state index in [9.17, 15) is 17.2 Å². The molecule has 0 aliphatic heterocycles. The number of nitrogens with one attached hydrogen (secondary N) is 1. The number of rotatable bonds is 4. The molecule has 3 N–H and O–H groups in total. The Labute approximate surface area is 120 Å². The summed E-state index contributed by atoms with van der Waals surface area (Å²) in [6.45, 7) is 0. The smallest absolute Gasteiger partial charge is 0.264 e. The van der Waals surface area contributed by atoms with Crippen molar-refractivity contribution in [2.75, 3.05) is 17.6 Å². The average Bonchev–Trinajstić information content (AvgIpc) is 2.43. The van der Waals surface area contributed by atoms with E-state index < -0.39 is 32.2 Å². The van der Waals surface area contributed by atoms with E-state index in [0.717, 1.165) is 6.07 Å². The summed E-state index contributed by atoms with van der Waals surface area (Å²) in [5, 5.41) is 0. The average molecular weight is 314 g/mol. The number of benzene rings is 2. The lowest BCUT2D eigenvalue weighted by molar-refractivity contribution is 0.415. The second-order valence-corrected chi connectivity index (χ2v) is 5.79. The first-order valence-corrected chi connectivity index (χ1v) is 7.23. The maximum atomic E-state index is 13.6. The van der Waals surface area contributed by atoms with Crippen molar-refractivity contribution in [2.45, 2.75) is 4.90 Å². The summed E-state index contributed by atoms with van der Waals surface area (Å²) in [7, 11) is -2.75. The molecule has 0 aromatic heterocycles. The lowest BCUT2D eigenvalue weighted by Gasteiger charge is -2.10. The van der Waals surface area contributed by atoms with Crippen LogP contribution in [0, 0.1) is 11.6 Å². The summed E-state index contributed by atoms with van der Waals surface area (Å²) < 4.78 is 57.9. The number of nitrogens with two attached hydrogens (primary N) is 1. The van der Waals surface area contributed by atoms with Gasteiger partial charge in [-0.3, -0.25) is 4.72 Å². The molecule has 0 fully saturated rings. The van der Waals surface area contributed by atoms with Crippen LogP contribution in [0.15, 0.2) is 41.3 Å². The molecule has 8 heteroatoms. The highest BCUT2D eigenvalue weighted by molar-refractivity contribution is 7.92. The fourth-order valence-corrected chi connectivity index (χ4v) is 2.77. The molecule has 5 nitrogen and oxygen atoms in total. The van der Waals surface area contributed by atoms with Crippen LogP contribution in [0.2, 0.25) is 0 Å². The molecule has 0 spiro atoms. The lowest BCUT2D eigenvalue weighted by atomic mass is 10.3. The molecular formula is C13H12F2N2O3S. The van der Waals surface area contributed by atoms with E-state index in [1.54, 1.807) is 0 Å².